The van der Waals surface area contributed by atoms with Crippen molar-refractivity contribution in [3.05, 3.63) is 55.4 Å². The quantitative estimate of drug-likeness (QED) is 0.582. The molecule has 0 saturated carbocycles. The van der Waals surface area contributed by atoms with Crippen LogP contribution in [0, 0.1) is 12.7 Å². The SMILES string of the molecule is Cc1ccc(C(Br)c2cc(Cl)sc2Cl)c(F)c1. The van der Waals surface area contributed by atoms with E-state index in [0.717, 1.165) is 11.1 Å². The van der Waals surface area contributed by atoms with E-state index in [1.54, 1.807) is 12.1 Å². The molecule has 0 nitrogen and oxygen atoms in total. The number of benzene rings is 1. The number of halogens is 4. The maximum atomic E-state index is 13.8. The molecule has 1 heterocycles. The van der Waals surface area contributed by atoms with Gasteiger partial charge in [0.25, 0.3) is 0 Å². The normalized spacial score (nSPS) is 12.8. The van der Waals surface area contributed by atoms with Crippen LogP contribution in [0.15, 0.2) is 24.3 Å². The highest BCUT2D eigenvalue weighted by Crippen LogP contribution is 2.42. The molecule has 0 aliphatic rings. The fraction of sp³-hybridized carbons (Fsp3) is 0.167. The van der Waals surface area contributed by atoms with Crippen LogP contribution in [0.3, 0.4) is 0 Å². The molecule has 1 aromatic heterocycles. The molecular weight excluding hydrogens is 346 g/mol. The Morgan fingerprint density at radius 3 is 2.47 bits per heavy atom. The number of aryl methyl sites for hydroxylation is 1. The van der Waals surface area contributed by atoms with E-state index in [4.69, 9.17) is 23.2 Å². The summed E-state index contributed by atoms with van der Waals surface area (Å²) in [6.07, 6.45) is 0. The molecule has 90 valence electrons. The van der Waals surface area contributed by atoms with Crippen molar-refractivity contribution < 1.29 is 4.39 Å². The number of thiophene rings is 1. The third kappa shape index (κ3) is 2.84. The van der Waals surface area contributed by atoms with Gasteiger partial charge in [-0.15, -0.1) is 11.3 Å². The minimum Gasteiger partial charge on any atom is -0.207 e. The zero-order valence-corrected chi connectivity index (χ0v) is 12.7. The summed E-state index contributed by atoms with van der Waals surface area (Å²) in [6.45, 7) is 1.85. The summed E-state index contributed by atoms with van der Waals surface area (Å²) < 4.78 is 15.0. The highest BCUT2D eigenvalue weighted by Gasteiger charge is 2.19. The van der Waals surface area contributed by atoms with Crippen LogP contribution >= 0.6 is 50.5 Å². The molecule has 1 aromatic carbocycles. The third-order valence-electron chi connectivity index (χ3n) is 2.39. The minimum absolute atomic E-state index is 0.245. The Morgan fingerprint density at radius 1 is 1.24 bits per heavy atom. The van der Waals surface area contributed by atoms with Gasteiger partial charge >= 0.3 is 0 Å². The zero-order chi connectivity index (χ0) is 12.6. The monoisotopic (exact) mass is 352 g/mol. The van der Waals surface area contributed by atoms with Crippen molar-refractivity contribution in [1.29, 1.82) is 0 Å². The molecular formula is C12H8BrCl2FS. The maximum absolute atomic E-state index is 13.8. The Kier molecular flexibility index (Phi) is 4.14. The maximum Gasteiger partial charge on any atom is 0.128 e. The first-order valence-corrected chi connectivity index (χ1v) is 7.32. The topological polar surface area (TPSA) is 0 Å². The standard InChI is InChI=1S/C12H8BrCl2FS/c1-6-2-3-7(9(16)4-6)11(13)8-5-10(14)17-12(8)15/h2-5,11H,1H3. The fourth-order valence-electron chi connectivity index (χ4n) is 1.53. The summed E-state index contributed by atoms with van der Waals surface area (Å²) in [4.78, 5) is -0.278. The van der Waals surface area contributed by atoms with Crippen LogP contribution in [0.25, 0.3) is 0 Å². The van der Waals surface area contributed by atoms with Crippen LogP contribution in [0.5, 0.6) is 0 Å². The molecule has 0 aliphatic carbocycles. The lowest BCUT2D eigenvalue weighted by Crippen LogP contribution is -1.96. The van der Waals surface area contributed by atoms with Crippen molar-refractivity contribution in [2.24, 2.45) is 0 Å². The van der Waals surface area contributed by atoms with E-state index < -0.39 is 0 Å². The lowest BCUT2D eigenvalue weighted by molar-refractivity contribution is 0.612. The average Bonchev–Trinajstić information content (AvgIpc) is 2.57. The van der Waals surface area contributed by atoms with E-state index in [-0.39, 0.29) is 10.6 Å². The second kappa shape index (κ2) is 5.27. The van der Waals surface area contributed by atoms with Gasteiger partial charge < -0.3 is 0 Å². The van der Waals surface area contributed by atoms with Gasteiger partial charge in [-0.2, -0.15) is 0 Å². The van der Waals surface area contributed by atoms with Crippen molar-refractivity contribution in [2.45, 2.75) is 11.8 Å². The number of hydrogen-bond acceptors (Lipinski definition) is 1. The van der Waals surface area contributed by atoms with E-state index in [0.29, 0.717) is 14.2 Å². The summed E-state index contributed by atoms with van der Waals surface area (Å²) in [5, 5.41) is 0. The van der Waals surface area contributed by atoms with Gasteiger partial charge in [0, 0.05) is 11.1 Å². The van der Waals surface area contributed by atoms with Crippen LogP contribution < -0.4 is 0 Å². The van der Waals surface area contributed by atoms with Crippen LogP contribution in [-0.2, 0) is 0 Å². The predicted octanol–water partition coefficient (Wildman–Crippen LogP) is 5.99. The summed E-state index contributed by atoms with van der Waals surface area (Å²) in [5.74, 6) is -0.245. The van der Waals surface area contributed by atoms with E-state index >= 15 is 0 Å². The largest absolute Gasteiger partial charge is 0.207 e. The Labute approximate surface area is 121 Å². The molecule has 1 atom stereocenters. The number of hydrogen-bond donors (Lipinski definition) is 0. The van der Waals surface area contributed by atoms with E-state index in [2.05, 4.69) is 15.9 Å². The van der Waals surface area contributed by atoms with Crippen LogP contribution in [-0.4, -0.2) is 0 Å². The fourth-order valence-corrected chi connectivity index (χ4v) is 4.08. The minimum atomic E-state index is -0.278. The van der Waals surface area contributed by atoms with Gasteiger partial charge in [-0.05, 0) is 24.6 Å². The lowest BCUT2D eigenvalue weighted by Gasteiger charge is -2.11. The molecule has 0 N–H and O–H groups in total. The highest BCUT2D eigenvalue weighted by molar-refractivity contribution is 9.09. The van der Waals surface area contributed by atoms with Crippen molar-refractivity contribution >= 4 is 50.5 Å². The molecule has 17 heavy (non-hydrogen) atoms. The molecule has 0 bridgehead atoms. The van der Waals surface area contributed by atoms with Gasteiger partial charge in [-0.3, -0.25) is 0 Å². The molecule has 0 fully saturated rings. The second-order valence-electron chi connectivity index (χ2n) is 3.67. The molecule has 2 rings (SSSR count). The molecule has 0 amide bonds. The smallest absolute Gasteiger partial charge is 0.128 e. The molecule has 5 heteroatoms. The van der Waals surface area contributed by atoms with Crippen LogP contribution in [0.2, 0.25) is 8.67 Å². The van der Waals surface area contributed by atoms with Crippen LogP contribution in [0.1, 0.15) is 21.5 Å². The number of rotatable bonds is 2. The summed E-state index contributed by atoms with van der Waals surface area (Å²) in [6, 6.07) is 6.89. The highest BCUT2D eigenvalue weighted by atomic mass is 79.9. The molecule has 0 aliphatic heterocycles. The first-order chi connectivity index (χ1) is 7.99. The summed E-state index contributed by atoms with van der Waals surface area (Å²) in [7, 11) is 0. The van der Waals surface area contributed by atoms with E-state index in [9.17, 15) is 4.39 Å². The molecule has 1 unspecified atom stereocenters. The molecule has 0 saturated heterocycles. The average molecular weight is 354 g/mol. The Hall–Kier alpha value is -0.0900. The van der Waals surface area contributed by atoms with Crippen molar-refractivity contribution in [2.75, 3.05) is 0 Å². The molecule has 0 spiro atoms. The Morgan fingerprint density at radius 2 is 1.94 bits per heavy atom. The van der Waals surface area contributed by atoms with Crippen molar-refractivity contribution in [3.63, 3.8) is 0 Å². The van der Waals surface area contributed by atoms with Gasteiger partial charge in [0.1, 0.15) is 5.82 Å². The molecule has 0 radical (unpaired) electrons. The molecule has 2 aromatic rings. The van der Waals surface area contributed by atoms with E-state index in [1.165, 1.54) is 17.4 Å². The lowest BCUT2D eigenvalue weighted by atomic mass is 10.1. The van der Waals surface area contributed by atoms with Crippen molar-refractivity contribution in [3.8, 4) is 0 Å². The van der Waals surface area contributed by atoms with Crippen LogP contribution in [0.4, 0.5) is 4.39 Å². The van der Waals surface area contributed by atoms with Gasteiger partial charge in [-0.25, -0.2) is 4.39 Å². The van der Waals surface area contributed by atoms with Gasteiger partial charge in [0.15, 0.2) is 0 Å². The Balaban J connectivity index is 2.43. The van der Waals surface area contributed by atoms with Gasteiger partial charge in [0.2, 0.25) is 0 Å². The Bertz CT molecular complexity index is 553. The second-order valence-corrected chi connectivity index (χ2v) is 6.87. The zero-order valence-electron chi connectivity index (χ0n) is 8.81. The van der Waals surface area contributed by atoms with Crippen molar-refractivity contribution in [1.82, 2.24) is 0 Å². The number of alkyl halides is 1. The summed E-state index contributed by atoms with van der Waals surface area (Å²) in [5.41, 5.74) is 2.25. The third-order valence-corrected chi connectivity index (χ3v) is 4.89. The van der Waals surface area contributed by atoms with E-state index in [1.807, 2.05) is 13.0 Å². The van der Waals surface area contributed by atoms with Gasteiger partial charge in [0.05, 0.1) is 13.5 Å². The summed E-state index contributed by atoms with van der Waals surface area (Å²) >= 11 is 16.7. The van der Waals surface area contributed by atoms with Gasteiger partial charge in [-0.1, -0.05) is 51.3 Å². The predicted molar refractivity (Wildman–Crippen MR) is 76.2 cm³/mol. The first kappa shape index (κ1) is 13.3. The first-order valence-electron chi connectivity index (χ1n) is 4.84.